The highest BCUT2D eigenvalue weighted by molar-refractivity contribution is 6.90. The largest absolute Gasteiger partial charge is 0.493 e. The van der Waals surface area contributed by atoms with Crippen LogP contribution >= 0.6 is 0 Å². The second kappa shape index (κ2) is 16.6. The number of nitrogens with zero attached hydrogens (tertiary/aromatic N) is 3. The summed E-state index contributed by atoms with van der Waals surface area (Å²) in [6.45, 7) is 22.9. The number of amides is 2. The molecule has 3 aromatic rings. The molecule has 3 aromatic heterocycles. The lowest BCUT2D eigenvalue weighted by Gasteiger charge is -2.38. The first-order chi connectivity index (χ1) is 27.3. The Hall–Kier alpha value is -5.13. The molecule has 2 amide bonds. The van der Waals surface area contributed by atoms with Gasteiger partial charge in [-0.05, 0) is 59.8 Å². The number of nitrogens with one attached hydrogen (secondary N) is 2. The van der Waals surface area contributed by atoms with Gasteiger partial charge in [-0.25, -0.2) is 4.79 Å². The number of carbonyl (C=O) groups excluding carboxylic acids is 3. The molecule has 6 heterocycles. The van der Waals surface area contributed by atoms with E-state index in [4.69, 9.17) is 19.5 Å². The standard InChI is InChI=1S/C47H59N5O5Si/c1-29(2)58(30(3)4,31(5)6)21-20-32-22-34-25-40-47(9,10)28-38(51-40)45(56-11)44-33(16-14-12-13-15-17-43(55)57-52-41(53)18-19-42(52)54)23-35(50-44)26-39-46(7,8)27-36(49-39)24-37(32)48-34/h22-26,29-31,48,50H,12-13,15,17-19,27-28H2,1-11H3. The Morgan fingerprint density at radius 1 is 0.810 bits per heavy atom. The van der Waals surface area contributed by atoms with Crippen LogP contribution in [0.2, 0.25) is 16.6 Å². The lowest BCUT2D eigenvalue weighted by atomic mass is 9.87. The highest BCUT2D eigenvalue weighted by atomic mass is 28.3. The van der Waals surface area contributed by atoms with Gasteiger partial charge in [-0.1, -0.05) is 87.0 Å². The molecule has 0 radical (unpaired) electrons. The van der Waals surface area contributed by atoms with Gasteiger partial charge in [0.15, 0.2) is 5.75 Å². The molecule has 6 rings (SSSR count). The number of carbonyl (C=O) groups is 3. The van der Waals surface area contributed by atoms with Crippen LogP contribution in [0.4, 0.5) is 0 Å². The van der Waals surface area contributed by atoms with E-state index in [9.17, 15) is 14.4 Å². The van der Waals surface area contributed by atoms with Crippen LogP contribution in [0.25, 0.3) is 22.1 Å². The first-order valence-corrected chi connectivity index (χ1v) is 23.0. The van der Waals surface area contributed by atoms with Crippen molar-refractivity contribution in [1.29, 1.82) is 0 Å². The summed E-state index contributed by atoms with van der Waals surface area (Å²) in [7, 11) is -0.306. The number of H-pyrrole nitrogens is 2. The van der Waals surface area contributed by atoms with E-state index in [1.807, 2.05) is 6.07 Å². The van der Waals surface area contributed by atoms with E-state index in [1.54, 1.807) is 7.11 Å². The molecule has 8 bridgehead atoms. The summed E-state index contributed by atoms with van der Waals surface area (Å²) in [5.74, 6) is 9.45. The molecule has 0 saturated carbocycles. The lowest BCUT2D eigenvalue weighted by Crippen LogP contribution is -2.43. The molecule has 0 spiro atoms. The van der Waals surface area contributed by atoms with Crippen molar-refractivity contribution in [2.45, 2.75) is 148 Å². The first kappa shape index (κ1) is 42.5. The fraction of sp³-hybridized carbons (Fsp3) is 0.511. The molecule has 0 aliphatic carbocycles. The third kappa shape index (κ3) is 8.66. The van der Waals surface area contributed by atoms with Gasteiger partial charge in [0.2, 0.25) is 0 Å². The SMILES string of the molecule is COc1c2nc(cc3cc(C#C[Si](C(C)C)(C(C)C)C(C)C)c(cc4nc(cc5cc(C#CCCCCC(=O)ON6C(=O)CCC6=O)c1[nH]5)C(C)(C)C4)[nH]3)C(C)(C)C2. The average molecular weight is 802 g/mol. The summed E-state index contributed by atoms with van der Waals surface area (Å²) < 4.78 is 6.15. The number of aromatic amines is 2. The predicted molar refractivity (Wildman–Crippen MR) is 231 cm³/mol. The molecule has 0 aromatic carbocycles. The topological polar surface area (TPSA) is 130 Å². The van der Waals surface area contributed by atoms with Crippen molar-refractivity contribution in [3.8, 4) is 29.1 Å². The van der Waals surface area contributed by atoms with Crippen molar-refractivity contribution < 1.29 is 24.0 Å². The Balaban J connectivity index is 1.43. The molecular formula is C47H59N5O5Si. The normalized spacial score (nSPS) is 16.1. The summed E-state index contributed by atoms with van der Waals surface area (Å²) in [6, 6.07) is 10.6. The van der Waals surface area contributed by atoms with Crippen LogP contribution in [-0.2, 0) is 42.9 Å². The van der Waals surface area contributed by atoms with E-state index in [0.29, 0.717) is 53.1 Å². The molecule has 2 N–H and O–H groups in total. The quantitative estimate of drug-likeness (QED) is 0.0955. The molecule has 1 saturated heterocycles. The van der Waals surface area contributed by atoms with Gasteiger partial charge < -0.3 is 19.5 Å². The minimum absolute atomic E-state index is 0.0696. The fourth-order valence-corrected chi connectivity index (χ4v) is 14.1. The Morgan fingerprint density at radius 2 is 1.41 bits per heavy atom. The van der Waals surface area contributed by atoms with Crippen LogP contribution in [0.15, 0.2) is 30.3 Å². The zero-order valence-corrected chi connectivity index (χ0v) is 37.2. The minimum atomic E-state index is -1.98. The summed E-state index contributed by atoms with van der Waals surface area (Å²) >= 11 is 0. The van der Waals surface area contributed by atoms with Gasteiger partial charge >= 0.3 is 5.97 Å². The van der Waals surface area contributed by atoms with E-state index in [1.165, 1.54) is 0 Å². The van der Waals surface area contributed by atoms with Crippen LogP contribution in [0, 0.1) is 23.3 Å². The molecule has 3 aliphatic heterocycles. The number of ether oxygens (including phenoxy) is 1. The van der Waals surface area contributed by atoms with Gasteiger partial charge in [-0.15, -0.1) is 10.6 Å². The fourth-order valence-electron chi connectivity index (χ4n) is 8.90. The van der Waals surface area contributed by atoms with Crippen LogP contribution in [0.3, 0.4) is 0 Å². The zero-order valence-electron chi connectivity index (χ0n) is 36.2. The summed E-state index contributed by atoms with van der Waals surface area (Å²) in [6.07, 6.45) is 3.36. The van der Waals surface area contributed by atoms with Crippen molar-refractivity contribution in [1.82, 2.24) is 25.0 Å². The van der Waals surface area contributed by atoms with Gasteiger partial charge in [0.1, 0.15) is 8.07 Å². The highest BCUT2D eigenvalue weighted by Gasteiger charge is 2.42. The van der Waals surface area contributed by atoms with E-state index in [0.717, 1.165) is 62.4 Å². The second-order valence-electron chi connectivity index (χ2n) is 18.3. The number of rotatable bonds is 9. The maximum atomic E-state index is 12.3. The number of unbranched alkanes of at least 4 members (excludes halogenated alkanes) is 2. The number of aromatic nitrogens is 4. The molecule has 58 heavy (non-hydrogen) atoms. The van der Waals surface area contributed by atoms with Gasteiger partial charge in [0.25, 0.3) is 11.8 Å². The number of methoxy groups -OCH3 is 1. The van der Waals surface area contributed by atoms with Crippen LogP contribution in [-0.4, -0.2) is 58.0 Å². The van der Waals surface area contributed by atoms with Crippen molar-refractivity contribution in [3.63, 3.8) is 0 Å². The molecule has 0 unspecified atom stereocenters. The molecule has 306 valence electrons. The predicted octanol–water partition coefficient (Wildman–Crippen LogP) is 9.45. The number of hydroxylamine groups is 2. The monoisotopic (exact) mass is 801 g/mol. The van der Waals surface area contributed by atoms with E-state index in [2.05, 4.69) is 127 Å². The second-order valence-corrected chi connectivity index (χ2v) is 23.9. The molecule has 0 atom stereocenters. The van der Waals surface area contributed by atoms with E-state index < -0.39 is 25.9 Å². The van der Waals surface area contributed by atoms with Crippen LogP contribution < -0.4 is 4.74 Å². The van der Waals surface area contributed by atoms with Gasteiger partial charge in [0.05, 0.1) is 29.4 Å². The van der Waals surface area contributed by atoms with Gasteiger partial charge in [0, 0.05) is 83.0 Å². The summed E-state index contributed by atoms with van der Waals surface area (Å²) in [5, 5.41) is 0.590. The maximum absolute atomic E-state index is 12.3. The number of imide groups is 1. The van der Waals surface area contributed by atoms with E-state index in [-0.39, 0.29) is 30.1 Å². The third-order valence-corrected chi connectivity index (χ3v) is 18.4. The van der Waals surface area contributed by atoms with Crippen molar-refractivity contribution in [3.05, 3.63) is 64.2 Å². The lowest BCUT2D eigenvalue weighted by molar-refractivity contribution is -0.197. The average Bonchev–Trinajstić information content (AvgIpc) is 3.92. The Morgan fingerprint density at radius 3 is 2.05 bits per heavy atom. The van der Waals surface area contributed by atoms with Crippen LogP contribution in [0.1, 0.15) is 142 Å². The Kier molecular flexibility index (Phi) is 12.2. The van der Waals surface area contributed by atoms with Crippen LogP contribution in [0.5, 0.6) is 5.75 Å². The van der Waals surface area contributed by atoms with Gasteiger partial charge in [-0.3, -0.25) is 19.6 Å². The molecule has 3 aliphatic rings. The molecular weight excluding hydrogens is 743 g/mol. The van der Waals surface area contributed by atoms with E-state index >= 15 is 0 Å². The van der Waals surface area contributed by atoms with Crippen molar-refractivity contribution >= 4 is 47.9 Å². The smallest absolute Gasteiger partial charge is 0.333 e. The Bertz CT molecular complexity index is 2380. The molecule has 11 heteroatoms. The van der Waals surface area contributed by atoms with Gasteiger partial charge in [-0.2, -0.15) is 0 Å². The van der Waals surface area contributed by atoms with Crippen molar-refractivity contribution in [2.24, 2.45) is 0 Å². The Labute approximate surface area is 344 Å². The molecule has 1 fully saturated rings. The number of hydrogen-bond donors (Lipinski definition) is 2. The molecule has 10 nitrogen and oxygen atoms in total. The third-order valence-electron chi connectivity index (χ3n) is 12.1. The number of fused-ring (bicyclic) bond motifs is 8. The zero-order chi connectivity index (χ0) is 42.2. The maximum Gasteiger partial charge on any atom is 0.333 e. The minimum Gasteiger partial charge on any atom is -0.493 e. The first-order valence-electron chi connectivity index (χ1n) is 20.7. The summed E-state index contributed by atoms with van der Waals surface area (Å²) in [5.41, 5.74) is 14.1. The highest BCUT2D eigenvalue weighted by Crippen LogP contribution is 2.41. The number of hydrogen-bond acceptors (Lipinski definition) is 7. The summed E-state index contributed by atoms with van der Waals surface area (Å²) in [4.78, 5) is 58.6. The van der Waals surface area contributed by atoms with Crippen molar-refractivity contribution in [2.75, 3.05) is 7.11 Å².